The lowest BCUT2D eigenvalue weighted by Crippen LogP contribution is -2.38. The predicted molar refractivity (Wildman–Crippen MR) is 75.9 cm³/mol. The van der Waals surface area contributed by atoms with E-state index in [1.54, 1.807) is 11.8 Å². The van der Waals surface area contributed by atoms with Gasteiger partial charge in [-0.3, -0.25) is 9.69 Å². The van der Waals surface area contributed by atoms with Gasteiger partial charge >= 0.3 is 5.97 Å². The number of thioether (sulfide) groups is 1. The molecule has 0 aliphatic carbocycles. The lowest BCUT2D eigenvalue weighted by molar-refractivity contribution is -0.142. The maximum absolute atomic E-state index is 11.0. The van der Waals surface area contributed by atoms with Crippen molar-refractivity contribution in [3.05, 3.63) is 24.3 Å². The largest absolute Gasteiger partial charge is 0.492 e. The molecule has 0 aromatic heterocycles. The minimum absolute atomic E-state index is 0.331. The van der Waals surface area contributed by atoms with E-state index in [1.807, 2.05) is 35.4 Å². The van der Waals surface area contributed by atoms with Gasteiger partial charge in [0.15, 0.2) is 0 Å². The van der Waals surface area contributed by atoms with Gasteiger partial charge in [0.25, 0.3) is 0 Å². The molecular formula is C14H19NO3S. The minimum Gasteiger partial charge on any atom is -0.492 e. The van der Waals surface area contributed by atoms with Crippen LogP contribution in [0.25, 0.3) is 0 Å². The van der Waals surface area contributed by atoms with Crippen LogP contribution in [0.2, 0.25) is 0 Å². The van der Waals surface area contributed by atoms with Crippen LogP contribution in [-0.2, 0) is 4.79 Å². The summed E-state index contributed by atoms with van der Waals surface area (Å²) in [6.45, 7) is 2.05. The number of likely N-dealkylation sites (tertiary alicyclic amines) is 1. The third-order valence-electron chi connectivity index (χ3n) is 3.36. The zero-order valence-electron chi connectivity index (χ0n) is 11.0. The first-order valence-corrected chi connectivity index (χ1v) is 7.67. The van der Waals surface area contributed by atoms with Crippen molar-refractivity contribution in [3.63, 3.8) is 0 Å². The second-order valence-electron chi connectivity index (χ2n) is 4.56. The van der Waals surface area contributed by atoms with E-state index in [1.165, 1.54) is 4.90 Å². The third kappa shape index (κ3) is 3.88. The van der Waals surface area contributed by atoms with E-state index in [9.17, 15) is 4.79 Å². The van der Waals surface area contributed by atoms with Gasteiger partial charge in [-0.15, -0.1) is 11.8 Å². The van der Waals surface area contributed by atoms with Crippen molar-refractivity contribution in [2.75, 3.05) is 26.0 Å². The number of hydrogen-bond donors (Lipinski definition) is 1. The van der Waals surface area contributed by atoms with E-state index in [0.29, 0.717) is 13.2 Å². The van der Waals surface area contributed by atoms with Crippen molar-refractivity contribution in [2.24, 2.45) is 0 Å². The summed E-state index contributed by atoms with van der Waals surface area (Å²) >= 11 is 1.70. The molecule has 0 spiro atoms. The van der Waals surface area contributed by atoms with Crippen molar-refractivity contribution < 1.29 is 14.6 Å². The highest BCUT2D eigenvalue weighted by molar-refractivity contribution is 7.98. The van der Waals surface area contributed by atoms with Crippen LogP contribution in [0.15, 0.2) is 29.2 Å². The first-order valence-electron chi connectivity index (χ1n) is 6.44. The Morgan fingerprint density at radius 3 is 2.84 bits per heavy atom. The molecule has 1 saturated heterocycles. The fraction of sp³-hybridized carbons (Fsp3) is 0.500. The van der Waals surface area contributed by atoms with E-state index in [4.69, 9.17) is 9.84 Å². The van der Waals surface area contributed by atoms with E-state index < -0.39 is 5.97 Å². The van der Waals surface area contributed by atoms with Gasteiger partial charge in [-0.05, 0) is 49.9 Å². The van der Waals surface area contributed by atoms with Gasteiger partial charge in [0.2, 0.25) is 0 Å². The Morgan fingerprint density at radius 2 is 2.21 bits per heavy atom. The fourth-order valence-electron chi connectivity index (χ4n) is 2.33. The number of nitrogens with zero attached hydrogens (tertiary/aromatic N) is 1. The van der Waals surface area contributed by atoms with Crippen molar-refractivity contribution in [2.45, 2.75) is 23.8 Å². The molecule has 1 aromatic carbocycles. The summed E-state index contributed by atoms with van der Waals surface area (Å²) in [5.41, 5.74) is 0. The first-order chi connectivity index (χ1) is 9.20. The molecule has 2 rings (SSSR count). The molecule has 0 bridgehead atoms. The maximum atomic E-state index is 11.0. The fourth-order valence-corrected chi connectivity index (χ4v) is 2.73. The van der Waals surface area contributed by atoms with Crippen molar-refractivity contribution in [1.82, 2.24) is 4.90 Å². The molecule has 0 amide bonds. The molecule has 1 aliphatic heterocycles. The molecule has 1 heterocycles. The highest BCUT2D eigenvalue weighted by Crippen LogP contribution is 2.20. The Kier molecular flexibility index (Phi) is 5.10. The summed E-state index contributed by atoms with van der Waals surface area (Å²) in [4.78, 5) is 14.2. The molecule has 0 radical (unpaired) electrons. The molecule has 0 saturated carbocycles. The van der Waals surface area contributed by atoms with E-state index >= 15 is 0 Å². The average molecular weight is 281 g/mol. The summed E-state index contributed by atoms with van der Waals surface area (Å²) < 4.78 is 5.65. The van der Waals surface area contributed by atoms with Gasteiger partial charge in [0, 0.05) is 11.4 Å². The number of rotatable bonds is 6. The molecule has 1 aromatic rings. The molecule has 1 N–H and O–H groups in total. The van der Waals surface area contributed by atoms with Gasteiger partial charge in [0.1, 0.15) is 18.4 Å². The summed E-state index contributed by atoms with van der Waals surface area (Å²) in [5.74, 6) is 0.116. The summed E-state index contributed by atoms with van der Waals surface area (Å²) in [6, 6.07) is 7.61. The zero-order chi connectivity index (χ0) is 13.7. The van der Waals surface area contributed by atoms with Crippen LogP contribution in [-0.4, -0.2) is 48.0 Å². The van der Waals surface area contributed by atoms with E-state index in [2.05, 4.69) is 0 Å². The molecule has 0 unspecified atom stereocenters. The van der Waals surface area contributed by atoms with Crippen LogP contribution >= 0.6 is 11.8 Å². The standard InChI is InChI=1S/C14H19NO3S/c1-19-12-6-4-11(5-7-12)18-10-9-15-8-2-3-13(15)14(16)17/h4-7,13H,2-3,8-10H2,1H3,(H,16,17)/t13-/m1/s1. The number of aliphatic carboxylic acids is 1. The summed E-state index contributed by atoms with van der Waals surface area (Å²) in [6.07, 6.45) is 3.74. The van der Waals surface area contributed by atoms with Crippen molar-refractivity contribution in [1.29, 1.82) is 0 Å². The SMILES string of the molecule is CSc1ccc(OCCN2CCC[C@@H]2C(=O)O)cc1. The second-order valence-corrected chi connectivity index (χ2v) is 5.44. The molecule has 19 heavy (non-hydrogen) atoms. The zero-order valence-corrected chi connectivity index (χ0v) is 11.9. The lowest BCUT2D eigenvalue weighted by Gasteiger charge is -2.20. The summed E-state index contributed by atoms with van der Waals surface area (Å²) in [7, 11) is 0. The Morgan fingerprint density at radius 1 is 1.47 bits per heavy atom. The molecular weight excluding hydrogens is 262 g/mol. The smallest absolute Gasteiger partial charge is 0.320 e. The number of ether oxygens (including phenoxy) is 1. The molecule has 104 valence electrons. The van der Waals surface area contributed by atoms with E-state index in [-0.39, 0.29) is 6.04 Å². The number of carboxylic acid groups (broad SMARTS) is 1. The van der Waals surface area contributed by atoms with Gasteiger partial charge in [0.05, 0.1) is 0 Å². The first kappa shape index (κ1) is 14.2. The Bertz CT molecular complexity index is 421. The van der Waals surface area contributed by atoms with Crippen LogP contribution in [0.5, 0.6) is 5.75 Å². The Balaban J connectivity index is 1.78. The monoisotopic (exact) mass is 281 g/mol. The molecule has 1 aliphatic rings. The van der Waals surface area contributed by atoms with Crippen LogP contribution in [0.4, 0.5) is 0 Å². The summed E-state index contributed by atoms with van der Waals surface area (Å²) in [5, 5.41) is 9.07. The highest BCUT2D eigenvalue weighted by Gasteiger charge is 2.29. The predicted octanol–water partition coefficient (Wildman–Crippen LogP) is 2.34. The number of carboxylic acids is 1. The highest BCUT2D eigenvalue weighted by atomic mass is 32.2. The van der Waals surface area contributed by atoms with Crippen molar-refractivity contribution >= 4 is 17.7 Å². The van der Waals surface area contributed by atoms with Crippen LogP contribution in [0, 0.1) is 0 Å². The van der Waals surface area contributed by atoms with E-state index in [0.717, 1.165) is 25.1 Å². The number of benzene rings is 1. The Labute approximate surface area is 117 Å². The normalized spacial score (nSPS) is 19.5. The molecule has 5 heteroatoms. The second kappa shape index (κ2) is 6.82. The lowest BCUT2D eigenvalue weighted by atomic mass is 10.2. The molecule has 4 nitrogen and oxygen atoms in total. The quantitative estimate of drug-likeness (QED) is 0.811. The minimum atomic E-state index is -0.721. The van der Waals surface area contributed by atoms with Crippen LogP contribution in [0.1, 0.15) is 12.8 Å². The Hall–Kier alpha value is -1.20. The molecule has 1 atom stereocenters. The van der Waals surface area contributed by atoms with Gasteiger partial charge in [-0.1, -0.05) is 0 Å². The molecule has 1 fully saturated rings. The van der Waals surface area contributed by atoms with Crippen LogP contribution < -0.4 is 4.74 Å². The van der Waals surface area contributed by atoms with Crippen molar-refractivity contribution in [3.8, 4) is 5.75 Å². The maximum Gasteiger partial charge on any atom is 0.320 e. The van der Waals surface area contributed by atoms with Gasteiger partial charge in [-0.2, -0.15) is 0 Å². The van der Waals surface area contributed by atoms with Gasteiger partial charge in [-0.25, -0.2) is 0 Å². The van der Waals surface area contributed by atoms with Gasteiger partial charge < -0.3 is 9.84 Å². The van der Waals surface area contributed by atoms with Crippen LogP contribution in [0.3, 0.4) is 0 Å². The third-order valence-corrected chi connectivity index (χ3v) is 4.10. The number of hydrogen-bond acceptors (Lipinski definition) is 4. The topological polar surface area (TPSA) is 49.8 Å². The average Bonchev–Trinajstić information content (AvgIpc) is 2.88. The number of carbonyl (C=O) groups is 1.